The summed E-state index contributed by atoms with van der Waals surface area (Å²) in [4.78, 5) is 33.0. The van der Waals surface area contributed by atoms with Gasteiger partial charge in [-0.25, -0.2) is 9.78 Å². The summed E-state index contributed by atoms with van der Waals surface area (Å²) in [5.74, 6) is -0.945. The molecule has 1 aliphatic heterocycles. The van der Waals surface area contributed by atoms with Crippen LogP contribution in [-0.4, -0.2) is 66.6 Å². The number of aryl methyl sites for hydroxylation is 1. The van der Waals surface area contributed by atoms with Crippen molar-refractivity contribution in [1.82, 2.24) is 9.88 Å². The Morgan fingerprint density at radius 3 is 2.62 bits per heavy atom. The lowest BCUT2D eigenvalue weighted by Gasteiger charge is -2.34. The molecule has 0 bridgehead atoms. The average Bonchev–Trinajstić information content (AvgIpc) is 3.08. The number of aromatic nitrogens is 1. The van der Waals surface area contributed by atoms with Crippen molar-refractivity contribution in [2.75, 3.05) is 44.7 Å². The summed E-state index contributed by atoms with van der Waals surface area (Å²) < 4.78 is 4.63. The number of hydrogen-bond acceptors (Lipinski definition) is 8. The second-order valence-corrected chi connectivity index (χ2v) is 7.02. The van der Waals surface area contributed by atoms with Crippen molar-refractivity contribution in [2.24, 2.45) is 0 Å². The molecule has 1 aromatic heterocycles. The zero-order chi connectivity index (χ0) is 18.7. The molecule has 1 aromatic carbocycles. The van der Waals surface area contributed by atoms with Crippen LogP contribution in [0.25, 0.3) is 0 Å². The van der Waals surface area contributed by atoms with Gasteiger partial charge in [-0.15, -0.1) is 11.3 Å². The van der Waals surface area contributed by atoms with E-state index in [1.54, 1.807) is 11.3 Å². The van der Waals surface area contributed by atoms with E-state index in [1.807, 2.05) is 12.3 Å². The lowest BCUT2D eigenvalue weighted by molar-refractivity contribution is 0.0597. The third kappa shape index (κ3) is 4.03. The normalized spacial score (nSPS) is 15.1. The van der Waals surface area contributed by atoms with E-state index < -0.39 is 5.97 Å². The predicted molar refractivity (Wildman–Crippen MR) is 99.3 cm³/mol. The molecule has 0 aliphatic carbocycles. The smallest absolute Gasteiger partial charge is 0.341 e. The van der Waals surface area contributed by atoms with Gasteiger partial charge < -0.3 is 14.7 Å². The number of thiazole rings is 1. The number of benzene rings is 1. The molecule has 0 atom stereocenters. The van der Waals surface area contributed by atoms with Crippen molar-refractivity contribution in [3.05, 3.63) is 40.4 Å². The Hall–Kier alpha value is -2.45. The van der Waals surface area contributed by atoms with Crippen LogP contribution in [0.1, 0.15) is 26.4 Å². The molecule has 2 aromatic rings. The monoisotopic (exact) mass is 375 g/mol. The SMILES string of the molecule is COC(=O)c1cc(C(=O)CN2CCN(c3nc(C)cs3)CC2)ccc1O. The second-order valence-electron chi connectivity index (χ2n) is 6.18. The zero-order valence-electron chi connectivity index (χ0n) is 14.8. The summed E-state index contributed by atoms with van der Waals surface area (Å²) in [6, 6.07) is 4.26. The standard InChI is InChI=1S/C18H21N3O4S/c1-12-11-26-18(19-12)21-7-5-20(6-8-21)10-16(23)13-3-4-15(22)14(9-13)17(24)25-2/h3-4,9,11,22H,5-8,10H2,1-2H3. The molecule has 2 heterocycles. The summed E-state index contributed by atoms with van der Waals surface area (Å²) in [6.45, 7) is 5.44. The molecule has 0 saturated carbocycles. The van der Waals surface area contributed by atoms with E-state index >= 15 is 0 Å². The van der Waals surface area contributed by atoms with Gasteiger partial charge in [0.15, 0.2) is 10.9 Å². The van der Waals surface area contributed by atoms with Crippen LogP contribution in [0.2, 0.25) is 0 Å². The minimum absolute atomic E-state index is 0.00214. The highest BCUT2D eigenvalue weighted by Crippen LogP contribution is 2.22. The summed E-state index contributed by atoms with van der Waals surface area (Å²) in [6.07, 6.45) is 0. The van der Waals surface area contributed by atoms with Gasteiger partial charge in [-0.2, -0.15) is 0 Å². The molecular formula is C18H21N3O4S. The maximum absolute atomic E-state index is 12.5. The average molecular weight is 375 g/mol. The molecule has 0 unspecified atom stereocenters. The van der Waals surface area contributed by atoms with Gasteiger partial charge >= 0.3 is 5.97 Å². The molecule has 0 amide bonds. The maximum atomic E-state index is 12.5. The molecule has 138 valence electrons. The van der Waals surface area contributed by atoms with Crippen LogP contribution in [0.5, 0.6) is 5.75 Å². The third-order valence-corrected chi connectivity index (χ3v) is 5.36. The van der Waals surface area contributed by atoms with Crippen molar-refractivity contribution in [3.63, 3.8) is 0 Å². The number of esters is 1. The number of nitrogens with zero attached hydrogens (tertiary/aromatic N) is 3. The summed E-state index contributed by atoms with van der Waals surface area (Å²) in [5.41, 5.74) is 1.42. The van der Waals surface area contributed by atoms with E-state index in [2.05, 4.69) is 19.5 Å². The van der Waals surface area contributed by atoms with Gasteiger partial charge in [0, 0.05) is 37.1 Å². The first-order chi connectivity index (χ1) is 12.5. The van der Waals surface area contributed by atoms with E-state index in [1.165, 1.54) is 25.3 Å². The predicted octanol–water partition coefficient (Wildman–Crippen LogP) is 1.95. The van der Waals surface area contributed by atoms with Gasteiger partial charge in [0.1, 0.15) is 11.3 Å². The van der Waals surface area contributed by atoms with Crippen molar-refractivity contribution < 1.29 is 19.4 Å². The number of phenols is 1. The van der Waals surface area contributed by atoms with E-state index in [0.717, 1.165) is 37.0 Å². The summed E-state index contributed by atoms with van der Waals surface area (Å²) in [7, 11) is 1.24. The summed E-state index contributed by atoms with van der Waals surface area (Å²) >= 11 is 1.64. The van der Waals surface area contributed by atoms with Crippen LogP contribution in [-0.2, 0) is 4.74 Å². The Morgan fingerprint density at radius 1 is 1.27 bits per heavy atom. The van der Waals surface area contributed by atoms with Crippen molar-refractivity contribution >= 4 is 28.2 Å². The lowest BCUT2D eigenvalue weighted by atomic mass is 10.1. The van der Waals surface area contributed by atoms with Crippen molar-refractivity contribution in [3.8, 4) is 5.75 Å². The molecule has 8 heteroatoms. The zero-order valence-corrected chi connectivity index (χ0v) is 15.6. The van der Waals surface area contributed by atoms with Crippen molar-refractivity contribution in [2.45, 2.75) is 6.92 Å². The highest BCUT2D eigenvalue weighted by atomic mass is 32.1. The van der Waals surface area contributed by atoms with Gasteiger partial charge in [0.05, 0.1) is 19.3 Å². The van der Waals surface area contributed by atoms with Gasteiger partial charge in [0.25, 0.3) is 0 Å². The molecule has 26 heavy (non-hydrogen) atoms. The number of anilines is 1. The molecule has 1 saturated heterocycles. The van der Waals surface area contributed by atoms with Gasteiger partial charge in [-0.1, -0.05) is 0 Å². The Balaban J connectivity index is 1.60. The Morgan fingerprint density at radius 2 is 2.00 bits per heavy atom. The van der Waals surface area contributed by atoms with Gasteiger partial charge in [-0.05, 0) is 25.1 Å². The number of ketones is 1. The number of ether oxygens (including phenoxy) is 1. The molecule has 7 nitrogen and oxygen atoms in total. The topological polar surface area (TPSA) is 83.0 Å². The molecule has 0 spiro atoms. The third-order valence-electron chi connectivity index (χ3n) is 4.34. The molecule has 1 fully saturated rings. The van der Waals surface area contributed by atoms with Gasteiger partial charge in [0.2, 0.25) is 0 Å². The molecule has 0 radical (unpaired) electrons. The van der Waals surface area contributed by atoms with Crippen LogP contribution in [0, 0.1) is 6.92 Å². The second kappa shape index (κ2) is 7.84. The number of methoxy groups -OCH3 is 1. The van der Waals surface area contributed by atoms with Crippen LogP contribution in [0.4, 0.5) is 5.13 Å². The number of hydrogen-bond donors (Lipinski definition) is 1. The Labute approximate surface area is 155 Å². The highest BCUT2D eigenvalue weighted by Gasteiger charge is 2.22. The number of carbonyl (C=O) groups excluding carboxylic acids is 2. The summed E-state index contributed by atoms with van der Waals surface area (Å²) in [5, 5.41) is 12.8. The number of carbonyl (C=O) groups is 2. The first-order valence-corrected chi connectivity index (χ1v) is 9.20. The molecular weight excluding hydrogens is 354 g/mol. The molecule has 1 N–H and O–H groups in total. The minimum Gasteiger partial charge on any atom is -0.507 e. The minimum atomic E-state index is -0.662. The Bertz CT molecular complexity index is 813. The van der Waals surface area contributed by atoms with E-state index in [4.69, 9.17) is 0 Å². The van der Waals surface area contributed by atoms with E-state index in [9.17, 15) is 14.7 Å². The lowest BCUT2D eigenvalue weighted by Crippen LogP contribution is -2.48. The Kier molecular flexibility index (Phi) is 5.53. The fraction of sp³-hybridized carbons (Fsp3) is 0.389. The quantitative estimate of drug-likeness (QED) is 0.632. The number of Topliss-reactive ketones (excluding diaryl/α,β-unsaturated/α-hetero) is 1. The van der Waals surface area contributed by atoms with Crippen molar-refractivity contribution in [1.29, 1.82) is 0 Å². The number of phenolic OH excluding ortho intramolecular Hbond substituents is 1. The maximum Gasteiger partial charge on any atom is 0.341 e. The molecule has 1 aliphatic rings. The van der Waals surface area contributed by atoms with Crippen LogP contribution >= 0.6 is 11.3 Å². The number of piperazine rings is 1. The van der Waals surface area contributed by atoms with E-state index in [-0.39, 0.29) is 23.6 Å². The van der Waals surface area contributed by atoms with E-state index in [0.29, 0.717) is 5.56 Å². The number of rotatable bonds is 5. The first-order valence-electron chi connectivity index (χ1n) is 8.32. The highest BCUT2D eigenvalue weighted by molar-refractivity contribution is 7.13. The fourth-order valence-electron chi connectivity index (χ4n) is 2.86. The van der Waals surface area contributed by atoms with Crippen LogP contribution < -0.4 is 4.90 Å². The number of aromatic hydroxyl groups is 1. The first kappa shape index (κ1) is 18.3. The van der Waals surface area contributed by atoms with Crippen LogP contribution in [0.15, 0.2) is 23.6 Å². The molecule has 3 rings (SSSR count). The van der Waals surface area contributed by atoms with Crippen LogP contribution in [0.3, 0.4) is 0 Å². The fourth-order valence-corrected chi connectivity index (χ4v) is 3.72. The largest absolute Gasteiger partial charge is 0.507 e. The van der Waals surface area contributed by atoms with Gasteiger partial charge in [-0.3, -0.25) is 9.69 Å².